The summed E-state index contributed by atoms with van der Waals surface area (Å²) in [7, 11) is 0. The highest BCUT2D eigenvalue weighted by Gasteiger charge is 2.41. The zero-order valence-corrected chi connectivity index (χ0v) is 15.0. The number of hydrogen-bond acceptors (Lipinski definition) is 2. The summed E-state index contributed by atoms with van der Waals surface area (Å²) in [6, 6.07) is 5.01. The maximum Gasteiger partial charge on any atom is 0.224 e. The zero-order valence-electron chi connectivity index (χ0n) is 15.0. The molecule has 3 unspecified atom stereocenters. The Labute approximate surface area is 148 Å². The largest absolute Gasteiger partial charge is 0.353 e. The second-order valence-corrected chi connectivity index (χ2v) is 7.41. The lowest BCUT2D eigenvalue weighted by atomic mass is 9.72. The van der Waals surface area contributed by atoms with Gasteiger partial charge in [0.25, 0.3) is 0 Å². The first kappa shape index (κ1) is 17.9. The van der Waals surface area contributed by atoms with Gasteiger partial charge in [0.15, 0.2) is 0 Å². The lowest BCUT2D eigenvalue weighted by molar-refractivity contribution is -0.137. The first-order valence-electron chi connectivity index (χ1n) is 9.35. The van der Waals surface area contributed by atoms with E-state index in [0.717, 1.165) is 31.2 Å². The van der Waals surface area contributed by atoms with Gasteiger partial charge in [0, 0.05) is 12.5 Å². The monoisotopic (exact) mass is 346 g/mol. The molecule has 4 nitrogen and oxygen atoms in total. The van der Waals surface area contributed by atoms with Gasteiger partial charge in [0.2, 0.25) is 11.8 Å². The van der Waals surface area contributed by atoms with E-state index in [9.17, 15) is 14.0 Å². The molecule has 0 spiro atoms. The third kappa shape index (κ3) is 3.86. The van der Waals surface area contributed by atoms with Crippen LogP contribution in [0.3, 0.4) is 0 Å². The van der Waals surface area contributed by atoms with Gasteiger partial charge in [-0.15, -0.1) is 0 Å². The highest BCUT2D eigenvalue weighted by molar-refractivity contribution is 5.87. The molecule has 2 fully saturated rings. The Morgan fingerprint density at radius 2 is 2.12 bits per heavy atom. The topological polar surface area (TPSA) is 58.2 Å². The van der Waals surface area contributed by atoms with Gasteiger partial charge < -0.3 is 10.6 Å². The molecule has 4 atom stereocenters. The molecular weight excluding hydrogens is 319 g/mol. The van der Waals surface area contributed by atoms with Crippen molar-refractivity contribution in [2.45, 2.75) is 64.5 Å². The smallest absolute Gasteiger partial charge is 0.224 e. The van der Waals surface area contributed by atoms with E-state index in [1.165, 1.54) is 6.07 Å². The van der Waals surface area contributed by atoms with Crippen LogP contribution in [0.5, 0.6) is 0 Å². The predicted octanol–water partition coefficient (Wildman–Crippen LogP) is 3.40. The van der Waals surface area contributed by atoms with Crippen molar-refractivity contribution >= 4 is 11.8 Å². The highest BCUT2D eigenvalue weighted by atomic mass is 19.1. The van der Waals surface area contributed by atoms with E-state index in [1.54, 1.807) is 13.0 Å². The van der Waals surface area contributed by atoms with E-state index < -0.39 is 0 Å². The summed E-state index contributed by atoms with van der Waals surface area (Å²) < 4.78 is 13.9. The maximum atomic E-state index is 13.9. The van der Waals surface area contributed by atoms with Crippen LogP contribution in [0.25, 0.3) is 0 Å². The van der Waals surface area contributed by atoms with Gasteiger partial charge in [0.1, 0.15) is 5.82 Å². The molecule has 1 aliphatic heterocycles. The minimum atomic E-state index is -0.275. The fourth-order valence-electron chi connectivity index (χ4n) is 4.25. The first-order valence-corrected chi connectivity index (χ1v) is 9.35. The molecule has 3 rings (SSSR count). The van der Waals surface area contributed by atoms with Crippen LogP contribution in [0, 0.1) is 24.6 Å². The molecule has 0 radical (unpaired) electrons. The zero-order chi connectivity index (χ0) is 18.0. The number of nitrogens with one attached hydrogen (secondary N) is 2. The Kier molecular flexibility index (Phi) is 5.40. The minimum Gasteiger partial charge on any atom is -0.353 e. The predicted molar refractivity (Wildman–Crippen MR) is 94.3 cm³/mol. The van der Waals surface area contributed by atoms with Crippen molar-refractivity contribution in [2.24, 2.45) is 11.8 Å². The Morgan fingerprint density at radius 3 is 2.84 bits per heavy atom. The number of carbonyl (C=O) groups is 2. The van der Waals surface area contributed by atoms with Crippen LogP contribution in [0.15, 0.2) is 18.2 Å². The normalized spacial score (nSPS) is 27.2. The number of benzene rings is 1. The van der Waals surface area contributed by atoms with Crippen molar-refractivity contribution in [3.05, 3.63) is 35.1 Å². The number of carbonyl (C=O) groups excluding carboxylic acids is 2. The SMILES string of the molecule is CC[C@H](NC(=O)C1CC(=O)NC2CCCCC21)c1ccc(C)c(F)c1. The first-order chi connectivity index (χ1) is 12.0. The molecule has 2 aliphatic rings. The van der Waals surface area contributed by atoms with Gasteiger partial charge in [0.05, 0.1) is 12.0 Å². The van der Waals surface area contributed by atoms with Gasteiger partial charge in [-0.3, -0.25) is 9.59 Å². The molecule has 1 heterocycles. The average molecular weight is 346 g/mol. The Bertz CT molecular complexity index is 661. The van der Waals surface area contributed by atoms with Crippen molar-refractivity contribution in [3.63, 3.8) is 0 Å². The lowest BCUT2D eigenvalue weighted by Gasteiger charge is -2.41. The van der Waals surface area contributed by atoms with E-state index in [-0.39, 0.29) is 48.0 Å². The van der Waals surface area contributed by atoms with Crippen molar-refractivity contribution in [3.8, 4) is 0 Å². The molecule has 136 valence electrons. The van der Waals surface area contributed by atoms with Gasteiger partial charge in [-0.05, 0) is 49.3 Å². The minimum absolute atomic E-state index is 0.0299. The summed E-state index contributed by atoms with van der Waals surface area (Å²) in [5.74, 6) is -0.408. The summed E-state index contributed by atoms with van der Waals surface area (Å²) in [5, 5.41) is 6.11. The number of fused-ring (bicyclic) bond motifs is 1. The molecule has 1 saturated carbocycles. The standard InChI is InChI=1S/C20H27FN2O2/c1-3-17(13-9-8-12(2)16(21)10-13)23-20(25)15-11-19(24)22-18-7-5-4-6-14(15)18/h8-10,14-15,17-18H,3-7,11H2,1-2H3,(H,22,24)(H,23,25)/t14?,15?,17-,18?/m0/s1. The third-order valence-corrected chi connectivity index (χ3v) is 5.75. The average Bonchev–Trinajstić information content (AvgIpc) is 2.61. The van der Waals surface area contributed by atoms with Gasteiger partial charge in [-0.2, -0.15) is 0 Å². The van der Waals surface area contributed by atoms with Crippen molar-refractivity contribution in [1.29, 1.82) is 0 Å². The van der Waals surface area contributed by atoms with Gasteiger partial charge >= 0.3 is 0 Å². The molecule has 0 bridgehead atoms. The van der Waals surface area contributed by atoms with Crippen molar-refractivity contribution < 1.29 is 14.0 Å². The number of amides is 2. The quantitative estimate of drug-likeness (QED) is 0.878. The van der Waals surface area contributed by atoms with Gasteiger partial charge in [-0.1, -0.05) is 31.9 Å². The molecule has 1 aliphatic carbocycles. The van der Waals surface area contributed by atoms with E-state index in [1.807, 2.05) is 13.0 Å². The summed E-state index contributed by atoms with van der Waals surface area (Å²) >= 11 is 0. The third-order valence-electron chi connectivity index (χ3n) is 5.75. The molecule has 1 saturated heterocycles. The molecule has 25 heavy (non-hydrogen) atoms. The van der Waals surface area contributed by atoms with Crippen LogP contribution >= 0.6 is 0 Å². The van der Waals surface area contributed by atoms with Crippen LogP contribution in [0.4, 0.5) is 4.39 Å². The summed E-state index contributed by atoms with van der Waals surface area (Å²) in [4.78, 5) is 24.9. The van der Waals surface area contributed by atoms with E-state index in [4.69, 9.17) is 0 Å². The molecule has 5 heteroatoms. The maximum absolute atomic E-state index is 13.9. The summed E-state index contributed by atoms with van der Waals surface area (Å²) in [6.07, 6.45) is 5.10. The molecule has 1 aromatic rings. The number of hydrogen-bond donors (Lipinski definition) is 2. The van der Waals surface area contributed by atoms with E-state index >= 15 is 0 Å². The summed E-state index contributed by atoms with van der Waals surface area (Å²) in [6.45, 7) is 3.70. The molecule has 2 N–H and O–H groups in total. The van der Waals surface area contributed by atoms with Crippen LogP contribution in [-0.2, 0) is 9.59 Å². The van der Waals surface area contributed by atoms with Crippen LogP contribution in [-0.4, -0.2) is 17.9 Å². The highest BCUT2D eigenvalue weighted by Crippen LogP contribution is 2.36. The Morgan fingerprint density at radius 1 is 1.36 bits per heavy atom. The molecule has 2 amide bonds. The summed E-state index contributed by atoms with van der Waals surface area (Å²) in [5.41, 5.74) is 1.37. The Hall–Kier alpha value is -1.91. The fraction of sp³-hybridized carbons (Fsp3) is 0.600. The number of aryl methyl sites for hydroxylation is 1. The van der Waals surface area contributed by atoms with Gasteiger partial charge in [-0.25, -0.2) is 4.39 Å². The van der Waals surface area contributed by atoms with Crippen molar-refractivity contribution in [2.75, 3.05) is 0 Å². The molecular formula is C20H27FN2O2. The van der Waals surface area contributed by atoms with Crippen LogP contribution in [0.1, 0.15) is 62.6 Å². The number of halogens is 1. The van der Waals surface area contributed by atoms with Crippen LogP contribution < -0.4 is 10.6 Å². The lowest BCUT2D eigenvalue weighted by Crippen LogP contribution is -2.54. The van der Waals surface area contributed by atoms with E-state index in [0.29, 0.717) is 12.0 Å². The second kappa shape index (κ2) is 7.54. The van der Waals surface area contributed by atoms with E-state index in [2.05, 4.69) is 10.6 Å². The molecule has 0 aromatic heterocycles. The van der Waals surface area contributed by atoms with Crippen molar-refractivity contribution in [1.82, 2.24) is 10.6 Å². The van der Waals surface area contributed by atoms with Crippen LogP contribution in [0.2, 0.25) is 0 Å². The number of rotatable bonds is 4. The Balaban J connectivity index is 1.74. The number of piperidine rings is 1. The molecule has 1 aromatic carbocycles. The second-order valence-electron chi connectivity index (χ2n) is 7.41. The fourth-order valence-corrected chi connectivity index (χ4v) is 4.25.